The van der Waals surface area contributed by atoms with Crippen molar-refractivity contribution < 1.29 is 4.39 Å². The molecule has 1 aliphatic carbocycles. The highest BCUT2D eigenvalue weighted by atomic mass is 79.9. The zero-order valence-electron chi connectivity index (χ0n) is 11.5. The number of rotatable bonds is 4. The molecule has 0 bridgehead atoms. The largest absolute Gasteiger partial charge is 0.377 e. The number of nitrogens with zero attached hydrogens (tertiary/aromatic N) is 3. The first-order chi connectivity index (χ1) is 9.56. The molecule has 2 aromatic rings. The van der Waals surface area contributed by atoms with Gasteiger partial charge in [0, 0.05) is 18.7 Å². The van der Waals surface area contributed by atoms with Crippen LogP contribution in [0, 0.1) is 12.7 Å². The predicted octanol–water partition coefficient (Wildman–Crippen LogP) is 3.51. The van der Waals surface area contributed by atoms with Crippen LogP contribution in [0.25, 0.3) is 0 Å². The van der Waals surface area contributed by atoms with Crippen LogP contribution in [0.2, 0.25) is 0 Å². The van der Waals surface area contributed by atoms with Crippen molar-refractivity contribution in [1.29, 1.82) is 0 Å². The molecule has 1 saturated carbocycles. The molecule has 0 amide bonds. The second-order valence-corrected chi connectivity index (χ2v) is 6.10. The molecule has 1 aliphatic rings. The summed E-state index contributed by atoms with van der Waals surface area (Å²) < 4.78 is 15.9. The van der Waals surface area contributed by atoms with Gasteiger partial charge in [-0.1, -0.05) is 0 Å². The van der Waals surface area contributed by atoms with Gasteiger partial charge in [0.1, 0.15) is 11.6 Å². The van der Waals surface area contributed by atoms with E-state index in [2.05, 4.69) is 36.0 Å². The van der Waals surface area contributed by atoms with Crippen molar-refractivity contribution in [3.63, 3.8) is 0 Å². The molecule has 3 rings (SSSR count). The first-order valence-corrected chi connectivity index (χ1v) is 7.43. The lowest BCUT2D eigenvalue weighted by Crippen LogP contribution is -2.08. The Morgan fingerprint density at radius 2 is 2.15 bits per heavy atom. The summed E-state index contributed by atoms with van der Waals surface area (Å²) in [6, 6.07) is 3.27. The van der Waals surface area contributed by atoms with Crippen LogP contribution in [0.1, 0.15) is 36.0 Å². The lowest BCUT2D eigenvalue weighted by Gasteiger charge is -2.10. The zero-order valence-corrected chi connectivity index (χ0v) is 13.0. The minimum atomic E-state index is -0.247. The summed E-state index contributed by atoms with van der Waals surface area (Å²) in [5.41, 5.74) is 1.77. The molecule has 0 unspecified atom stereocenters. The lowest BCUT2D eigenvalue weighted by molar-refractivity contribution is 0.620. The van der Waals surface area contributed by atoms with Gasteiger partial charge in [0.05, 0.1) is 11.0 Å². The number of aromatic nitrogens is 3. The summed E-state index contributed by atoms with van der Waals surface area (Å²) in [5.74, 6) is 2.30. The molecule has 20 heavy (non-hydrogen) atoms. The molecule has 1 N–H and O–H groups in total. The highest BCUT2D eigenvalue weighted by molar-refractivity contribution is 9.10. The summed E-state index contributed by atoms with van der Waals surface area (Å²) in [6.45, 7) is 2.46. The van der Waals surface area contributed by atoms with Crippen LogP contribution in [-0.4, -0.2) is 14.8 Å². The second kappa shape index (κ2) is 5.16. The van der Waals surface area contributed by atoms with Gasteiger partial charge in [0.15, 0.2) is 5.82 Å². The first kappa shape index (κ1) is 13.5. The summed E-state index contributed by atoms with van der Waals surface area (Å²) in [6.07, 6.45) is 2.42. The van der Waals surface area contributed by atoms with Crippen molar-refractivity contribution in [3.8, 4) is 0 Å². The Bertz CT molecular complexity index is 649. The van der Waals surface area contributed by atoms with Crippen molar-refractivity contribution in [2.24, 2.45) is 7.05 Å². The minimum absolute atomic E-state index is 0.247. The number of aryl methyl sites for hydroxylation is 1. The molecule has 106 valence electrons. The Balaban J connectivity index is 1.75. The molecule has 4 nitrogen and oxygen atoms in total. The molecule has 0 atom stereocenters. The molecule has 0 aliphatic heterocycles. The van der Waals surface area contributed by atoms with Gasteiger partial charge in [-0.15, -0.1) is 10.2 Å². The maximum Gasteiger partial charge on any atom is 0.152 e. The zero-order chi connectivity index (χ0) is 14.3. The molecule has 1 heterocycles. The van der Waals surface area contributed by atoms with Gasteiger partial charge >= 0.3 is 0 Å². The van der Waals surface area contributed by atoms with Crippen LogP contribution < -0.4 is 5.32 Å². The van der Waals surface area contributed by atoms with Gasteiger partial charge in [-0.05, 0) is 53.4 Å². The van der Waals surface area contributed by atoms with Crippen LogP contribution in [0.15, 0.2) is 16.6 Å². The number of hydrogen-bond acceptors (Lipinski definition) is 3. The first-order valence-electron chi connectivity index (χ1n) is 6.64. The van der Waals surface area contributed by atoms with Crippen LogP contribution in [0.4, 0.5) is 10.1 Å². The smallest absolute Gasteiger partial charge is 0.152 e. The third-order valence-corrected chi connectivity index (χ3v) is 4.25. The van der Waals surface area contributed by atoms with Crippen LogP contribution in [-0.2, 0) is 13.6 Å². The van der Waals surface area contributed by atoms with Crippen molar-refractivity contribution in [3.05, 3.63) is 39.6 Å². The van der Waals surface area contributed by atoms with E-state index < -0.39 is 0 Å². The third-order valence-electron chi connectivity index (χ3n) is 3.65. The Morgan fingerprint density at radius 1 is 1.40 bits per heavy atom. The Labute approximate surface area is 125 Å². The van der Waals surface area contributed by atoms with E-state index in [1.54, 1.807) is 6.07 Å². The number of nitrogens with one attached hydrogen (secondary N) is 1. The van der Waals surface area contributed by atoms with Crippen molar-refractivity contribution >= 4 is 21.6 Å². The molecule has 0 radical (unpaired) electrons. The van der Waals surface area contributed by atoms with E-state index in [-0.39, 0.29) is 5.82 Å². The molecule has 0 saturated heterocycles. The van der Waals surface area contributed by atoms with E-state index >= 15 is 0 Å². The van der Waals surface area contributed by atoms with Gasteiger partial charge in [-0.25, -0.2) is 4.39 Å². The van der Waals surface area contributed by atoms with Crippen molar-refractivity contribution in [2.45, 2.75) is 32.2 Å². The Kier molecular flexibility index (Phi) is 3.50. The average molecular weight is 339 g/mol. The number of benzene rings is 1. The van der Waals surface area contributed by atoms with Crippen molar-refractivity contribution in [2.75, 3.05) is 5.32 Å². The number of anilines is 1. The fourth-order valence-corrected chi connectivity index (χ4v) is 2.58. The molecule has 1 aromatic carbocycles. The Morgan fingerprint density at radius 3 is 2.85 bits per heavy atom. The van der Waals surface area contributed by atoms with Gasteiger partial charge in [0.2, 0.25) is 0 Å². The van der Waals surface area contributed by atoms with Gasteiger partial charge in [-0.2, -0.15) is 0 Å². The maximum absolute atomic E-state index is 13.4. The van der Waals surface area contributed by atoms with E-state index in [4.69, 9.17) is 0 Å². The van der Waals surface area contributed by atoms with Crippen molar-refractivity contribution in [1.82, 2.24) is 14.8 Å². The summed E-state index contributed by atoms with van der Waals surface area (Å²) in [7, 11) is 2.00. The summed E-state index contributed by atoms with van der Waals surface area (Å²) in [4.78, 5) is 0. The molecule has 0 spiro atoms. The van der Waals surface area contributed by atoms with E-state index in [0.29, 0.717) is 16.9 Å². The summed E-state index contributed by atoms with van der Waals surface area (Å²) in [5, 5.41) is 11.8. The minimum Gasteiger partial charge on any atom is -0.377 e. The van der Waals surface area contributed by atoms with Gasteiger partial charge in [-0.3, -0.25) is 0 Å². The molecule has 1 fully saturated rings. The molecular weight excluding hydrogens is 323 g/mol. The van der Waals surface area contributed by atoms with Crippen LogP contribution >= 0.6 is 15.9 Å². The van der Waals surface area contributed by atoms with E-state index in [1.807, 2.05) is 14.0 Å². The van der Waals surface area contributed by atoms with E-state index in [9.17, 15) is 4.39 Å². The quantitative estimate of drug-likeness (QED) is 0.927. The molecule has 6 heteroatoms. The monoisotopic (exact) mass is 338 g/mol. The van der Waals surface area contributed by atoms with E-state index in [0.717, 1.165) is 22.9 Å². The fourth-order valence-electron chi connectivity index (χ4n) is 2.24. The second-order valence-electron chi connectivity index (χ2n) is 5.24. The predicted molar refractivity (Wildman–Crippen MR) is 79.1 cm³/mol. The average Bonchev–Trinajstić information content (AvgIpc) is 3.18. The Hall–Kier alpha value is -1.43. The number of hydrogen-bond donors (Lipinski definition) is 1. The topological polar surface area (TPSA) is 42.7 Å². The van der Waals surface area contributed by atoms with E-state index in [1.165, 1.54) is 18.9 Å². The third kappa shape index (κ3) is 2.57. The van der Waals surface area contributed by atoms with Crippen LogP contribution in [0.5, 0.6) is 0 Å². The summed E-state index contributed by atoms with van der Waals surface area (Å²) >= 11 is 3.20. The SMILES string of the molecule is Cc1cc(F)c(Br)cc1NCc1nnc(C2CC2)n1C. The maximum atomic E-state index is 13.4. The molecular formula is C14H16BrFN4. The lowest BCUT2D eigenvalue weighted by atomic mass is 10.2. The van der Waals surface area contributed by atoms with Crippen LogP contribution in [0.3, 0.4) is 0 Å². The highest BCUT2D eigenvalue weighted by Gasteiger charge is 2.29. The number of halogens is 2. The fraction of sp³-hybridized carbons (Fsp3) is 0.429. The molecule has 1 aromatic heterocycles. The van der Waals surface area contributed by atoms with Gasteiger partial charge < -0.3 is 9.88 Å². The normalized spacial score (nSPS) is 14.6. The standard InChI is InChI=1S/C14H16BrFN4/c1-8-5-11(16)10(15)6-12(8)17-7-13-18-19-14(20(13)2)9-3-4-9/h5-6,9,17H,3-4,7H2,1-2H3. The highest BCUT2D eigenvalue weighted by Crippen LogP contribution is 2.38. The van der Waals surface area contributed by atoms with Gasteiger partial charge in [0.25, 0.3) is 0 Å².